The van der Waals surface area contributed by atoms with E-state index in [9.17, 15) is 19.2 Å². The number of anilines is 3. The SMILES string of the molecule is NC(=O)C1CCN(c2nc3c(c(=O)[nH]2)[C@@H](C(=O)Nc2cccc(Cl)c2Cl)CC(=O)N3)CC1. The van der Waals surface area contributed by atoms with E-state index in [2.05, 4.69) is 20.6 Å². The van der Waals surface area contributed by atoms with E-state index in [0.29, 0.717) is 25.9 Å². The van der Waals surface area contributed by atoms with Gasteiger partial charge in [-0.2, -0.15) is 4.98 Å². The lowest BCUT2D eigenvalue weighted by atomic mass is 9.92. The molecule has 2 aromatic rings. The van der Waals surface area contributed by atoms with Crippen molar-refractivity contribution in [1.82, 2.24) is 9.97 Å². The quantitative estimate of drug-likeness (QED) is 0.526. The molecule has 1 fully saturated rings. The molecule has 32 heavy (non-hydrogen) atoms. The number of aromatic nitrogens is 2. The summed E-state index contributed by atoms with van der Waals surface area (Å²) in [5.74, 6) is -2.34. The van der Waals surface area contributed by atoms with Gasteiger partial charge in [-0.25, -0.2) is 0 Å². The summed E-state index contributed by atoms with van der Waals surface area (Å²) in [4.78, 5) is 58.4. The highest BCUT2D eigenvalue weighted by atomic mass is 35.5. The number of primary amides is 1. The Labute approximate surface area is 192 Å². The fourth-order valence-electron chi connectivity index (χ4n) is 3.93. The van der Waals surface area contributed by atoms with Gasteiger partial charge in [-0.05, 0) is 25.0 Å². The first-order valence-electron chi connectivity index (χ1n) is 9.97. The van der Waals surface area contributed by atoms with Crippen LogP contribution in [0.25, 0.3) is 0 Å². The Morgan fingerprint density at radius 3 is 2.59 bits per heavy atom. The number of aromatic amines is 1. The number of benzene rings is 1. The topological polar surface area (TPSA) is 150 Å². The van der Waals surface area contributed by atoms with E-state index in [4.69, 9.17) is 28.9 Å². The van der Waals surface area contributed by atoms with Gasteiger partial charge in [0.25, 0.3) is 5.56 Å². The largest absolute Gasteiger partial charge is 0.369 e. The van der Waals surface area contributed by atoms with Gasteiger partial charge < -0.3 is 21.3 Å². The zero-order chi connectivity index (χ0) is 23.0. The fourth-order valence-corrected chi connectivity index (χ4v) is 4.28. The monoisotopic (exact) mass is 478 g/mol. The predicted molar refractivity (Wildman–Crippen MR) is 120 cm³/mol. The summed E-state index contributed by atoms with van der Waals surface area (Å²) < 4.78 is 0. The maximum Gasteiger partial charge on any atom is 0.258 e. The van der Waals surface area contributed by atoms with Crippen molar-refractivity contribution >= 4 is 58.4 Å². The first kappa shape index (κ1) is 22.1. The molecule has 168 valence electrons. The number of carbonyl (C=O) groups excluding carboxylic acids is 3. The molecule has 1 aromatic carbocycles. The molecule has 0 unspecified atom stereocenters. The summed E-state index contributed by atoms with van der Waals surface area (Å²) >= 11 is 12.1. The van der Waals surface area contributed by atoms with E-state index in [1.54, 1.807) is 18.2 Å². The minimum absolute atomic E-state index is 0.0364. The lowest BCUT2D eigenvalue weighted by Crippen LogP contribution is -2.41. The van der Waals surface area contributed by atoms with E-state index in [1.807, 2.05) is 4.90 Å². The number of halogens is 2. The second-order valence-electron chi connectivity index (χ2n) is 7.71. The standard InChI is InChI=1S/C20H20Cl2N6O4/c21-11-2-1-3-12(15(11)22)24-18(31)10-8-13(29)25-17-14(10)19(32)27-20(26-17)28-6-4-9(5-7-28)16(23)30/h1-3,9-10H,4-8H2,(H2,23,30)(H,24,31)(H2,25,26,27,29,32)/t10-/m0/s1. The smallest absolute Gasteiger partial charge is 0.258 e. The summed E-state index contributed by atoms with van der Waals surface area (Å²) in [5.41, 5.74) is 5.18. The minimum Gasteiger partial charge on any atom is -0.369 e. The number of nitrogens with zero attached hydrogens (tertiary/aromatic N) is 2. The Morgan fingerprint density at radius 2 is 1.91 bits per heavy atom. The van der Waals surface area contributed by atoms with Gasteiger partial charge in [-0.15, -0.1) is 0 Å². The Balaban J connectivity index is 1.61. The molecular weight excluding hydrogens is 459 g/mol. The average molecular weight is 479 g/mol. The second kappa shape index (κ2) is 8.79. The number of nitrogens with two attached hydrogens (primary N) is 1. The number of amides is 3. The Bertz CT molecular complexity index is 1160. The maximum absolute atomic E-state index is 13.0. The summed E-state index contributed by atoms with van der Waals surface area (Å²) in [7, 11) is 0. The molecule has 1 saturated heterocycles. The van der Waals surface area contributed by atoms with Crippen molar-refractivity contribution < 1.29 is 14.4 Å². The van der Waals surface area contributed by atoms with Crippen LogP contribution in [0.4, 0.5) is 17.5 Å². The van der Waals surface area contributed by atoms with Gasteiger partial charge in [0.15, 0.2) is 0 Å². The van der Waals surface area contributed by atoms with Crippen LogP contribution in [0.5, 0.6) is 0 Å². The van der Waals surface area contributed by atoms with Gasteiger partial charge in [0.1, 0.15) is 5.82 Å². The molecule has 0 spiro atoms. The molecule has 2 aliphatic heterocycles. The number of piperidine rings is 1. The first-order chi connectivity index (χ1) is 15.2. The number of carbonyl (C=O) groups is 3. The zero-order valence-electron chi connectivity index (χ0n) is 16.8. The van der Waals surface area contributed by atoms with E-state index in [1.165, 1.54) is 0 Å². The molecular formula is C20H20Cl2N6O4. The van der Waals surface area contributed by atoms with Gasteiger partial charge in [-0.1, -0.05) is 29.3 Å². The van der Waals surface area contributed by atoms with Crippen molar-refractivity contribution in [3.8, 4) is 0 Å². The Morgan fingerprint density at radius 1 is 1.19 bits per heavy atom. The summed E-state index contributed by atoms with van der Waals surface area (Å²) in [6, 6.07) is 4.76. The lowest BCUT2D eigenvalue weighted by Gasteiger charge is -2.32. The van der Waals surface area contributed by atoms with Gasteiger partial charge in [-0.3, -0.25) is 24.2 Å². The summed E-state index contributed by atoms with van der Waals surface area (Å²) in [5, 5.41) is 5.63. The van der Waals surface area contributed by atoms with Crippen molar-refractivity contribution in [1.29, 1.82) is 0 Å². The summed E-state index contributed by atoms with van der Waals surface area (Å²) in [6.45, 7) is 0.945. The summed E-state index contributed by atoms with van der Waals surface area (Å²) in [6.07, 6.45) is 0.854. The molecule has 0 saturated carbocycles. The van der Waals surface area contributed by atoms with Crippen LogP contribution in [-0.4, -0.2) is 40.8 Å². The number of nitrogens with one attached hydrogen (secondary N) is 3. The van der Waals surface area contributed by atoms with Crippen LogP contribution in [0.1, 0.15) is 30.7 Å². The molecule has 3 amide bonds. The van der Waals surface area contributed by atoms with Crippen LogP contribution in [0.15, 0.2) is 23.0 Å². The Kier molecular flexibility index (Phi) is 6.07. The molecule has 3 heterocycles. The molecule has 0 aliphatic carbocycles. The van der Waals surface area contributed by atoms with Crippen molar-refractivity contribution in [3.05, 3.63) is 44.2 Å². The molecule has 0 bridgehead atoms. The van der Waals surface area contributed by atoms with Crippen LogP contribution in [0.3, 0.4) is 0 Å². The third kappa shape index (κ3) is 4.28. The third-order valence-electron chi connectivity index (χ3n) is 5.66. The fraction of sp³-hybridized carbons (Fsp3) is 0.350. The number of H-pyrrole nitrogens is 1. The average Bonchev–Trinajstić information content (AvgIpc) is 2.76. The number of hydrogen-bond donors (Lipinski definition) is 4. The van der Waals surface area contributed by atoms with Crippen LogP contribution >= 0.6 is 23.2 Å². The van der Waals surface area contributed by atoms with Crippen molar-refractivity contribution in [2.45, 2.75) is 25.2 Å². The van der Waals surface area contributed by atoms with Crippen LogP contribution in [0, 0.1) is 5.92 Å². The zero-order valence-corrected chi connectivity index (χ0v) is 18.3. The van der Waals surface area contributed by atoms with Gasteiger partial charge in [0.05, 0.1) is 27.2 Å². The molecule has 12 heteroatoms. The molecule has 10 nitrogen and oxygen atoms in total. The van der Waals surface area contributed by atoms with E-state index in [-0.39, 0.29) is 51.3 Å². The highest BCUT2D eigenvalue weighted by molar-refractivity contribution is 6.44. The number of fused-ring (bicyclic) bond motifs is 1. The van der Waals surface area contributed by atoms with Crippen molar-refractivity contribution in [2.75, 3.05) is 28.6 Å². The van der Waals surface area contributed by atoms with Crippen LogP contribution in [0.2, 0.25) is 10.0 Å². The van der Waals surface area contributed by atoms with Crippen LogP contribution in [-0.2, 0) is 14.4 Å². The normalized spacial score (nSPS) is 18.6. The molecule has 0 radical (unpaired) electrons. The second-order valence-corrected chi connectivity index (χ2v) is 8.50. The minimum atomic E-state index is -1.06. The third-order valence-corrected chi connectivity index (χ3v) is 6.48. The molecule has 1 atom stereocenters. The first-order valence-corrected chi connectivity index (χ1v) is 10.7. The van der Waals surface area contributed by atoms with E-state index < -0.39 is 23.3 Å². The molecule has 4 rings (SSSR count). The maximum atomic E-state index is 13.0. The predicted octanol–water partition coefficient (Wildman–Crippen LogP) is 1.84. The molecule has 5 N–H and O–H groups in total. The van der Waals surface area contributed by atoms with E-state index >= 15 is 0 Å². The highest BCUT2D eigenvalue weighted by Gasteiger charge is 2.36. The van der Waals surface area contributed by atoms with Gasteiger partial charge in [0.2, 0.25) is 23.7 Å². The van der Waals surface area contributed by atoms with Crippen molar-refractivity contribution in [3.63, 3.8) is 0 Å². The number of rotatable bonds is 4. The van der Waals surface area contributed by atoms with Gasteiger partial charge >= 0.3 is 0 Å². The van der Waals surface area contributed by atoms with Crippen LogP contribution < -0.4 is 26.8 Å². The molecule has 2 aliphatic rings. The highest BCUT2D eigenvalue weighted by Crippen LogP contribution is 2.33. The van der Waals surface area contributed by atoms with Crippen molar-refractivity contribution in [2.24, 2.45) is 11.7 Å². The number of hydrogen-bond acceptors (Lipinski definition) is 6. The molecule has 1 aromatic heterocycles. The van der Waals surface area contributed by atoms with Gasteiger partial charge in [0, 0.05) is 25.4 Å². The lowest BCUT2D eigenvalue weighted by molar-refractivity contribution is -0.123. The van der Waals surface area contributed by atoms with E-state index in [0.717, 1.165) is 0 Å². The Hall–Kier alpha value is -3.11.